The number of nitrogens with one attached hydrogen (secondary N) is 1. The van der Waals surface area contributed by atoms with Crippen LogP contribution in [-0.4, -0.2) is 27.1 Å². The molecule has 2 aromatic heterocycles. The van der Waals surface area contributed by atoms with E-state index in [9.17, 15) is 0 Å². The molecule has 1 N–H and O–H groups in total. The summed E-state index contributed by atoms with van der Waals surface area (Å²) in [6.45, 7) is 0. The molecule has 0 saturated carbocycles. The molecule has 3 aliphatic rings. The quantitative estimate of drug-likeness (QED) is 0.211. The molecule has 0 amide bonds. The van der Waals surface area contributed by atoms with Crippen LogP contribution in [-0.2, 0) is 12.8 Å². The third-order valence-corrected chi connectivity index (χ3v) is 10.1. The molecule has 1 unspecified atom stereocenters. The Bertz CT molecular complexity index is 2530. The number of fused-ring (bicyclic) bond motifs is 9. The summed E-state index contributed by atoms with van der Waals surface area (Å²) in [5, 5.41) is 7.60. The second kappa shape index (κ2) is 10.8. The minimum Gasteiger partial charge on any atom is -0.330 e. The first-order valence-corrected chi connectivity index (χ1v) is 16.9. The molecule has 0 saturated heterocycles. The first-order valence-electron chi connectivity index (χ1n) is 16.9. The molecule has 0 spiro atoms. The van der Waals surface area contributed by atoms with Gasteiger partial charge in [0, 0.05) is 33.0 Å². The molecular formula is C43H33N5. The molecule has 0 fully saturated rings. The Hall–Kier alpha value is -5.94. The maximum absolute atomic E-state index is 5.29. The van der Waals surface area contributed by atoms with Gasteiger partial charge in [-0.15, -0.1) is 0 Å². The highest BCUT2D eigenvalue weighted by Crippen LogP contribution is 2.45. The molecule has 0 bridgehead atoms. The predicted molar refractivity (Wildman–Crippen MR) is 198 cm³/mol. The van der Waals surface area contributed by atoms with Crippen molar-refractivity contribution in [1.82, 2.24) is 14.5 Å². The van der Waals surface area contributed by atoms with Crippen LogP contribution in [0.5, 0.6) is 0 Å². The molecule has 5 heteroatoms. The summed E-state index contributed by atoms with van der Waals surface area (Å²) < 4.78 is 4.84. The number of nitrogens with zero attached hydrogens (tertiary/aromatic N) is 4. The number of amidine groups is 1. The summed E-state index contributed by atoms with van der Waals surface area (Å²) in [5.41, 5.74) is 12.4. The lowest BCUT2D eigenvalue weighted by Gasteiger charge is -2.27. The number of hydrogen-bond acceptors (Lipinski definition) is 3. The Kier molecular flexibility index (Phi) is 6.13. The second-order valence-corrected chi connectivity index (χ2v) is 12.8. The van der Waals surface area contributed by atoms with Crippen LogP contribution < -0.4 is 5.32 Å². The van der Waals surface area contributed by atoms with E-state index in [1.165, 1.54) is 60.8 Å². The number of para-hydroxylation sites is 3. The van der Waals surface area contributed by atoms with Gasteiger partial charge in [-0.05, 0) is 66.6 Å². The summed E-state index contributed by atoms with van der Waals surface area (Å²) >= 11 is 0. The molecule has 230 valence electrons. The second-order valence-electron chi connectivity index (χ2n) is 12.8. The van der Waals surface area contributed by atoms with Crippen LogP contribution in [0, 0.1) is 0 Å². The van der Waals surface area contributed by atoms with E-state index in [-0.39, 0.29) is 6.17 Å². The van der Waals surface area contributed by atoms with Gasteiger partial charge in [0.05, 0.1) is 22.2 Å². The number of benzene rings is 5. The average molecular weight is 620 g/mol. The summed E-state index contributed by atoms with van der Waals surface area (Å²) in [5.74, 6) is 1.55. The van der Waals surface area contributed by atoms with E-state index in [1.54, 1.807) is 0 Å². The highest BCUT2D eigenvalue weighted by Gasteiger charge is 2.30. The van der Waals surface area contributed by atoms with Gasteiger partial charge in [-0.2, -0.15) is 4.99 Å². The molecule has 2 aliphatic carbocycles. The molecule has 7 aromatic rings. The largest absolute Gasteiger partial charge is 0.330 e. The van der Waals surface area contributed by atoms with Gasteiger partial charge in [-0.1, -0.05) is 115 Å². The first-order chi connectivity index (χ1) is 23.8. The number of aromatic nitrogens is 2. The third-order valence-electron chi connectivity index (χ3n) is 10.1. The van der Waals surface area contributed by atoms with E-state index in [1.807, 2.05) is 6.07 Å². The van der Waals surface area contributed by atoms with Crippen molar-refractivity contribution in [2.45, 2.75) is 31.8 Å². The topological polar surface area (TPSA) is 46.6 Å². The summed E-state index contributed by atoms with van der Waals surface area (Å²) in [7, 11) is 0. The average Bonchev–Trinajstić information content (AvgIpc) is 3.69. The van der Waals surface area contributed by atoms with Crippen molar-refractivity contribution in [1.29, 1.82) is 0 Å². The van der Waals surface area contributed by atoms with Crippen molar-refractivity contribution in [2.24, 2.45) is 9.98 Å². The molecular weight excluding hydrogens is 587 g/mol. The van der Waals surface area contributed by atoms with E-state index >= 15 is 0 Å². The molecule has 3 heterocycles. The molecule has 5 aromatic carbocycles. The highest BCUT2D eigenvalue weighted by atomic mass is 15.3. The van der Waals surface area contributed by atoms with Crippen LogP contribution >= 0.6 is 0 Å². The lowest BCUT2D eigenvalue weighted by Crippen LogP contribution is -2.43. The minimum absolute atomic E-state index is 0.229. The van der Waals surface area contributed by atoms with E-state index in [0.717, 1.165) is 48.6 Å². The van der Waals surface area contributed by atoms with Crippen molar-refractivity contribution in [3.8, 4) is 16.9 Å². The molecule has 1 atom stereocenters. The fourth-order valence-corrected chi connectivity index (χ4v) is 8.03. The van der Waals surface area contributed by atoms with Crippen molar-refractivity contribution in [3.63, 3.8) is 0 Å². The normalized spacial score (nSPS) is 17.1. The zero-order valence-electron chi connectivity index (χ0n) is 26.5. The zero-order chi connectivity index (χ0) is 31.6. The van der Waals surface area contributed by atoms with Crippen LogP contribution in [0.4, 0.5) is 0 Å². The maximum atomic E-state index is 5.29. The van der Waals surface area contributed by atoms with Gasteiger partial charge in [0.1, 0.15) is 6.17 Å². The van der Waals surface area contributed by atoms with Crippen LogP contribution in [0.2, 0.25) is 0 Å². The first kappa shape index (κ1) is 27.2. The Balaban J connectivity index is 1.26. The Morgan fingerprint density at radius 2 is 1.33 bits per heavy atom. The number of aryl methyl sites for hydroxylation is 2. The molecule has 5 nitrogen and oxygen atoms in total. The van der Waals surface area contributed by atoms with Crippen LogP contribution in [0.25, 0.3) is 49.7 Å². The SMILES string of the molecule is C1=CC(C2N=C(c3ccccc3)N=C(n3c4ccccc4c4ccc5c(c43)CCc3c-5n(-c4ccccc4)c4ccccc34)N2)=CCC1. The van der Waals surface area contributed by atoms with E-state index in [2.05, 4.69) is 148 Å². The number of aliphatic imine (C=N–C) groups is 2. The van der Waals surface area contributed by atoms with Gasteiger partial charge in [0.25, 0.3) is 0 Å². The zero-order valence-corrected chi connectivity index (χ0v) is 26.5. The van der Waals surface area contributed by atoms with Crippen molar-refractivity contribution in [2.75, 3.05) is 0 Å². The van der Waals surface area contributed by atoms with Crippen LogP contribution in [0.1, 0.15) is 29.5 Å². The standard InChI is InChI=1S/C43H33N5/c1-4-14-28(15-5-1)41-44-42(29-16-6-2-7-17-29)46-43(45-41)48-38-23-13-11-21-32(38)34-25-26-35-36(40(34)48)27-24-33-31-20-10-12-22-37(31)47(39(33)35)30-18-8-3-9-19-30/h1,3-6,8-23,25-26,42H,2,7,24,27H2,(H,44,45,46). The van der Waals surface area contributed by atoms with Gasteiger partial charge in [0.15, 0.2) is 5.84 Å². The van der Waals surface area contributed by atoms with Gasteiger partial charge in [-0.3, -0.25) is 4.57 Å². The number of rotatable bonds is 3. The summed E-state index contributed by atoms with van der Waals surface area (Å²) in [4.78, 5) is 10.5. The Morgan fingerprint density at radius 3 is 2.12 bits per heavy atom. The third kappa shape index (κ3) is 4.10. The Labute approximate surface area is 278 Å². The van der Waals surface area contributed by atoms with Crippen LogP contribution in [0.3, 0.4) is 0 Å². The van der Waals surface area contributed by atoms with E-state index in [0.29, 0.717) is 0 Å². The fraction of sp³-hybridized carbons (Fsp3) is 0.116. The summed E-state index contributed by atoms with van der Waals surface area (Å²) in [6.07, 6.45) is 10.6. The molecule has 0 radical (unpaired) electrons. The molecule has 1 aliphatic heterocycles. The van der Waals surface area contributed by atoms with Crippen molar-refractivity contribution >= 4 is 44.5 Å². The lowest BCUT2D eigenvalue weighted by molar-refractivity contribution is 0.706. The van der Waals surface area contributed by atoms with Gasteiger partial charge >= 0.3 is 0 Å². The van der Waals surface area contributed by atoms with E-state index in [4.69, 9.17) is 9.98 Å². The highest BCUT2D eigenvalue weighted by molar-refractivity contribution is 6.19. The minimum atomic E-state index is -0.229. The van der Waals surface area contributed by atoms with E-state index < -0.39 is 0 Å². The van der Waals surface area contributed by atoms with Gasteiger partial charge in [-0.25, -0.2) is 4.99 Å². The monoisotopic (exact) mass is 619 g/mol. The fourth-order valence-electron chi connectivity index (χ4n) is 8.03. The Morgan fingerprint density at radius 1 is 0.625 bits per heavy atom. The van der Waals surface area contributed by atoms with Crippen molar-refractivity contribution in [3.05, 3.63) is 162 Å². The van der Waals surface area contributed by atoms with Gasteiger partial charge in [0.2, 0.25) is 5.96 Å². The summed E-state index contributed by atoms with van der Waals surface area (Å²) in [6, 6.07) is 43.5. The number of hydrogen-bond donors (Lipinski definition) is 1. The van der Waals surface area contributed by atoms with Crippen molar-refractivity contribution < 1.29 is 0 Å². The molecule has 10 rings (SSSR count). The maximum Gasteiger partial charge on any atom is 0.211 e. The van der Waals surface area contributed by atoms with Crippen LogP contribution in [0.15, 0.2) is 155 Å². The number of allylic oxidation sites excluding steroid dienone is 2. The lowest BCUT2D eigenvalue weighted by atomic mass is 9.87. The predicted octanol–water partition coefficient (Wildman–Crippen LogP) is 9.36. The molecule has 48 heavy (non-hydrogen) atoms. The van der Waals surface area contributed by atoms with Gasteiger partial charge < -0.3 is 9.88 Å². The smallest absolute Gasteiger partial charge is 0.211 e.